The van der Waals surface area contributed by atoms with Crippen LogP contribution >= 0.6 is 0 Å². The van der Waals surface area contributed by atoms with E-state index in [1.54, 1.807) is 6.07 Å². The number of hydrogen-bond acceptors (Lipinski definition) is 3. The van der Waals surface area contributed by atoms with E-state index in [1.165, 1.54) is 4.90 Å². The number of aliphatic carboxylic acids is 1. The lowest BCUT2D eigenvalue weighted by Gasteiger charge is -2.35. The minimum Gasteiger partial charge on any atom is -0.480 e. The van der Waals surface area contributed by atoms with Crippen LogP contribution in [0.3, 0.4) is 0 Å². The molecule has 120 valence electrons. The number of rotatable bonds is 3. The predicted octanol–water partition coefficient (Wildman–Crippen LogP) is 2.40. The van der Waals surface area contributed by atoms with Gasteiger partial charge in [-0.2, -0.15) is 5.10 Å². The first-order chi connectivity index (χ1) is 11.1. The number of hydrogen-bond donors (Lipinski definition) is 2. The number of aromatic amines is 1. The number of aromatic nitrogens is 2. The second-order valence-corrected chi connectivity index (χ2v) is 6.02. The van der Waals surface area contributed by atoms with Gasteiger partial charge in [-0.05, 0) is 24.8 Å². The molecule has 0 spiro atoms. The first-order valence-electron chi connectivity index (χ1n) is 7.71. The van der Waals surface area contributed by atoms with Gasteiger partial charge in [-0.25, -0.2) is 4.79 Å². The molecule has 0 bridgehead atoms. The zero-order valence-electron chi connectivity index (χ0n) is 12.9. The Balaban J connectivity index is 1.83. The fraction of sp³-hybridized carbons (Fsp3) is 0.353. The van der Waals surface area contributed by atoms with E-state index in [2.05, 4.69) is 10.2 Å². The zero-order chi connectivity index (χ0) is 16.4. The fourth-order valence-electron chi connectivity index (χ4n) is 2.96. The van der Waals surface area contributed by atoms with Crippen molar-refractivity contribution in [3.8, 4) is 11.3 Å². The Morgan fingerprint density at radius 2 is 2.04 bits per heavy atom. The van der Waals surface area contributed by atoms with E-state index in [9.17, 15) is 14.7 Å². The monoisotopic (exact) mass is 313 g/mol. The van der Waals surface area contributed by atoms with Crippen LogP contribution in [0.15, 0.2) is 36.4 Å². The number of likely N-dealkylation sites (tertiary alicyclic amines) is 1. The molecule has 0 aliphatic carbocycles. The molecule has 2 unspecified atom stereocenters. The molecule has 1 amide bonds. The molecule has 2 heterocycles. The van der Waals surface area contributed by atoms with Crippen LogP contribution in [0.1, 0.15) is 30.3 Å². The largest absolute Gasteiger partial charge is 0.480 e. The number of nitrogens with one attached hydrogen (secondary N) is 1. The molecule has 3 rings (SSSR count). The highest BCUT2D eigenvalue weighted by atomic mass is 16.4. The molecule has 0 saturated carbocycles. The number of H-pyrrole nitrogens is 1. The second-order valence-electron chi connectivity index (χ2n) is 6.02. The summed E-state index contributed by atoms with van der Waals surface area (Å²) >= 11 is 0. The first kappa shape index (κ1) is 15.3. The van der Waals surface area contributed by atoms with E-state index >= 15 is 0 Å². The predicted molar refractivity (Wildman–Crippen MR) is 84.9 cm³/mol. The topological polar surface area (TPSA) is 86.3 Å². The molecule has 1 aliphatic heterocycles. The number of benzene rings is 1. The van der Waals surface area contributed by atoms with Crippen molar-refractivity contribution in [3.05, 3.63) is 42.1 Å². The van der Waals surface area contributed by atoms with Crippen molar-refractivity contribution in [3.63, 3.8) is 0 Å². The van der Waals surface area contributed by atoms with Crippen LogP contribution in [0, 0.1) is 5.92 Å². The molecular formula is C17H19N3O3. The van der Waals surface area contributed by atoms with E-state index in [0.29, 0.717) is 30.3 Å². The summed E-state index contributed by atoms with van der Waals surface area (Å²) in [4.78, 5) is 25.5. The van der Waals surface area contributed by atoms with Gasteiger partial charge in [0.05, 0.1) is 5.69 Å². The third kappa shape index (κ3) is 3.11. The van der Waals surface area contributed by atoms with Crippen LogP contribution in [0.5, 0.6) is 0 Å². The van der Waals surface area contributed by atoms with Gasteiger partial charge >= 0.3 is 5.97 Å². The maximum absolute atomic E-state index is 12.7. The zero-order valence-corrected chi connectivity index (χ0v) is 12.9. The van der Waals surface area contributed by atoms with Crippen molar-refractivity contribution in [1.82, 2.24) is 15.1 Å². The lowest BCUT2D eigenvalue weighted by atomic mass is 9.92. The second kappa shape index (κ2) is 6.24. The van der Waals surface area contributed by atoms with Crippen LogP contribution < -0.4 is 0 Å². The van der Waals surface area contributed by atoms with Crippen molar-refractivity contribution in [2.45, 2.75) is 25.8 Å². The summed E-state index contributed by atoms with van der Waals surface area (Å²) in [5, 5.41) is 16.3. The van der Waals surface area contributed by atoms with Gasteiger partial charge in [0.15, 0.2) is 0 Å². The number of carboxylic acid groups (broad SMARTS) is 1. The van der Waals surface area contributed by atoms with Gasteiger partial charge in [-0.1, -0.05) is 37.3 Å². The molecule has 6 heteroatoms. The first-order valence-corrected chi connectivity index (χ1v) is 7.71. The maximum Gasteiger partial charge on any atom is 0.326 e. The molecule has 1 fully saturated rings. The molecule has 1 aliphatic rings. The van der Waals surface area contributed by atoms with Gasteiger partial charge in [0, 0.05) is 12.1 Å². The normalized spacial score (nSPS) is 21.2. The number of piperidine rings is 1. The number of carboxylic acids is 1. The molecule has 1 aromatic carbocycles. The molecule has 2 N–H and O–H groups in total. The fourth-order valence-corrected chi connectivity index (χ4v) is 2.96. The number of amides is 1. The van der Waals surface area contributed by atoms with Crippen LogP contribution in [0.2, 0.25) is 0 Å². The molecular weight excluding hydrogens is 294 g/mol. The smallest absolute Gasteiger partial charge is 0.326 e. The Morgan fingerprint density at radius 3 is 2.74 bits per heavy atom. The van der Waals surface area contributed by atoms with E-state index in [0.717, 1.165) is 12.0 Å². The van der Waals surface area contributed by atoms with Gasteiger partial charge in [-0.15, -0.1) is 0 Å². The Bertz CT molecular complexity index is 711. The van der Waals surface area contributed by atoms with E-state index in [-0.39, 0.29) is 5.91 Å². The van der Waals surface area contributed by atoms with Gasteiger partial charge < -0.3 is 10.0 Å². The summed E-state index contributed by atoms with van der Waals surface area (Å²) in [7, 11) is 0. The van der Waals surface area contributed by atoms with Crippen LogP contribution in [0.25, 0.3) is 11.3 Å². The summed E-state index contributed by atoms with van der Waals surface area (Å²) < 4.78 is 0. The number of nitrogens with zero attached hydrogens (tertiary/aromatic N) is 2. The van der Waals surface area contributed by atoms with Gasteiger partial charge in [-0.3, -0.25) is 9.89 Å². The van der Waals surface area contributed by atoms with Crippen molar-refractivity contribution in [1.29, 1.82) is 0 Å². The Labute approximate surface area is 134 Å². The molecule has 0 radical (unpaired) electrons. The highest BCUT2D eigenvalue weighted by molar-refractivity contribution is 5.96. The molecule has 1 saturated heterocycles. The third-order valence-electron chi connectivity index (χ3n) is 4.29. The molecule has 2 atom stereocenters. The standard InChI is InChI=1S/C17H19N3O3/c1-11-7-8-20(15(9-11)17(22)23)16(21)14-10-13(18-19-14)12-5-3-2-4-6-12/h2-6,10-11,15H,7-9H2,1H3,(H,18,19)(H,22,23). The summed E-state index contributed by atoms with van der Waals surface area (Å²) in [6, 6.07) is 10.4. The Morgan fingerprint density at radius 1 is 1.30 bits per heavy atom. The summed E-state index contributed by atoms with van der Waals surface area (Å²) in [6.45, 7) is 2.47. The summed E-state index contributed by atoms with van der Waals surface area (Å²) in [5.74, 6) is -0.950. The highest BCUT2D eigenvalue weighted by Crippen LogP contribution is 2.25. The van der Waals surface area contributed by atoms with Crippen LogP contribution in [-0.4, -0.2) is 44.7 Å². The van der Waals surface area contributed by atoms with E-state index in [1.807, 2.05) is 37.3 Å². The van der Waals surface area contributed by atoms with Crippen molar-refractivity contribution in [2.24, 2.45) is 5.92 Å². The maximum atomic E-state index is 12.7. The lowest BCUT2D eigenvalue weighted by molar-refractivity contribution is -0.144. The Hall–Kier alpha value is -2.63. The van der Waals surface area contributed by atoms with Gasteiger partial charge in [0.25, 0.3) is 5.91 Å². The summed E-state index contributed by atoms with van der Waals surface area (Å²) in [5.41, 5.74) is 1.90. The summed E-state index contributed by atoms with van der Waals surface area (Å²) in [6.07, 6.45) is 1.30. The Kier molecular flexibility index (Phi) is 4.14. The minimum atomic E-state index is -0.951. The minimum absolute atomic E-state index is 0.306. The van der Waals surface area contributed by atoms with Crippen molar-refractivity contribution < 1.29 is 14.7 Å². The highest BCUT2D eigenvalue weighted by Gasteiger charge is 2.35. The average Bonchev–Trinajstić information content (AvgIpc) is 3.05. The molecule has 23 heavy (non-hydrogen) atoms. The lowest BCUT2D eigenvalue weighted by Crippen LogP contribution is -2.49. The quantitative estimate of drug-likeness (QED) is 0.911. The molecule has 1 aromatic heterocycles. The van der Waals surface area contributed by atoms with Gasteiger partial charge in [0.1, 0.15) is 11.7 Å². The van der Waals surface area contributed by atoms with Crippen LogP contribution in [-0.2, 0) is 4.79 Å². The number of carbonyl (C=O) groups excluding carboxylic acids is 1. The SMILES string of the molecule is CC1CCN(C(=O)c2cc(-c3ccccc3)n[nH]2)C(C(=O)O)C1. The third-order valence-corrected chi connectivity index (χ3v) is 4.29. The molecule has 2 aromatic rings. The van der Waals surface area contributed by atoms with E-state index in [4.69, 9.17) is 0 Å². The number of carbonyl (C=O) groups is 2. The van der Waals surface area contributed by atoms with Crippen molar-refractivity contribution in [2.75, 3.05) is 6.54 Å². The average molecular weight is 313 g/mol. The van der Waals surface area contributed by atoms with Gasteiger partial charge in [0.2, 0.25) is 0 Å². The van der Waals surface area contributed by atoms with Crippen molar-refractivity contribution >= 4 is 11.9 Å². The van der Waals surface area contributed by atoms with Crippen LogP contribution in [0.4, 0.5) is 0 Å². The van der Waals surface area contributed by atoms with E-state index < -0.39 is 12.0 Å². The molecule has 6 nitrogen and oxygen atoms in total.